The Morgan fingerprint density at radius 2 is 1.61 bits per heavy atom. The van der Waals surface area contributed by atoms with Gasteiger partial charge < -0.3 is 5.11 Å². The maximum absolute atomic E-state index is 10.7. The highest BCUT2D eigenvalue weighted by molar-refractivity contribution is 4.93. The van der Waals surface area contributed by atoms with Gasteiger partial charge in [0.05, 0.1) is 6.10 Å². The first-order chi connectivity index (χ1) is 8.58. The van der Waals surface area contributed by atoms with Crippen LogP contribution in [0.5, 0.6) is 0 Å². The van der Waals surface area contributed by atoms with Crippen LogP contribution < -0.4 is 0 Å². The van der Waals surface area contributed by atoms with E-state index in [4.69, 9.17) is 0 Å². The molecule has 1 rings (SSSR count). The van der Waals surface area contributed by atoms with E-state index in [1.807, 2.05) is 0 Å². The van der Waals surface area contributed by atoms with Crippen LogP contribution in [0.4, 0.5) is 0 Å². The quantitative estimate of drug-likeness (QED) is 0.747. The third kappa shape index (κ3) is 3.71. The van der Waals surface area contributed by atoms with Crippen molar-refractivity contribution in [1.82, 2.24) is 4.90 Å². The van der Waals surface area contributed by atoms with Gasteiger partial charge in [-0.3, -0.25) is 4.90 Å². The van der Waals surface area contributed by atoms with Gasteiger partial charge in [0.2, 0.25) is 0 Å². The van der Waals surface area contributed by atoms with E-state index in [2.05, 4.69) is 32.6 Å². The minimum absolute atomic E-state index is 0.0109. The van der Waals surface area contributed by atoms with Crippen molar-refractivity contribution in [2.45, 2.75) is 84.3 Å². The lowest BCUT2D eigenvalue weighted by Crippen LogP contribution is -2.56. The predicted molar refractivity (Wildman–Crippen MR) is 78.8 cm³/mol. The topological polar surface area (TPSA) is 23.5 Å². The van der Waals surface area contributed by atoms with Gasteiger partial charge in [0.25, 0.3) is 0 Å². The molecule has 0 aliphatic carbocycles. The molecular formula is C16H33NO. The Bertz CT molecular complexity index is 221. The monoisotopic (exact) mass is 255 g/mol. The maximum atomic E-state index is 10.7. The molecule has 1 aliphatic rings. The summed E-state index contributed by atoms with van der Waals surface area (Å²) in [6.45, 7) is 11.3. The highest BCUT2D eigenvalue weighted by Crippen LogP contribution is 2.31. The lowest BCUT2D eigenvalue weighted by atomic mass is 9.81. The Morgan fingerprint density at radius 1 is 1.06 bits per heavy atom. The van der Waals surface area contributed by atoms with E-state index in [0.717, 1.165) is 12.8 Å². The van der Waals surface area contributed by atoms with Gasteiger partial charge in [-0.1, -0.05) is 40.0 Å². The number of hydrogen-bond donors (Lipinski definition) is 1. The number of aliphatic hydroxyl groups excluding tert-OH is 1. The first-order valence-corrected chi connectivity index (χ1v) is 8.01. The second-order valence-corrected chi connectivity index (χ2v) is 6.19. The Balaban J connectivity index is 2.66. The van der Waals surface area contributed by atoms with E-state index in [0.29, 0.717) is 5.92 Å². The number of piperidine rings is 1. The average Bonchev–Trinajstić information content (AvgIpc) is 2.44. The van der Waals surface area contributed by atoms with Gasteiger partial charge in [-0.2, -0.15) is 0 Å². The number of aliphatic hydroxyl groups is 1. The molecule has 0 saturated carbocycles. The molecule has 1 N–H and O–H groups in total. The van der Waals surface area contributed by atoms with Crippen molar-refractivity contribution in [3.05, 3.63) is 0 Å². The van der Waals surface area contributed by atoms with Crippen molar-refractivity contribution >= 4 is 0 Å². The van der Waals surface area contributed by atoms with Gasteiger partial charge in [0.1, 0.15) is 0 Å². The van der Waals surface area contributed by atoms with E-state index in [1.54, 1.807) is 0 Å². The summed E-state index contributed by atoms with van der Waals surface area (Å²) in [7, 11) is 0. The van der Waals surface area contributed by atoms with Gasteiger partial charge in [-0.15, -0.1) is 0 Å². The van der Waals surface area contributed by atoms with E-state index in [9.17, 15) is 5.11 Å². The van der Waals surface area contributed by atoms with Crippen LogP contribution in [0.25, 0.3) is 0 Å². The molecule has 0 spiro atoms. The summed E-state index contributed by atoms with van der Waals surface area (Å²) in [4.78, 5) is 2.55. The molecular weight excluding hydrogens is 222 g/mol. The first-order valence-electron chi connectivity index (χ1n) is 8.01. The maximum Gasteiger partial charge on any atom is 0.0723 e. The van der Waals surface area contributed by atoms with E-state index < -0.39 is 0 Å². The molecule has 2 atom stereocenters. The minimum Gasteiger partial charge on any atom is -0.391 e. The second-order valence-electron chi connectivity index (χ2n) is 6.19. The zero-order chi connectivity index (χ0) is 13.6. The Kier molecular flexibility index (Phi) is 6.65. The minimum atomic E-state index is -0.175. The fourth-order valence-corrected chi connectivity index (χ4v) is 3.27. The van der Waals surface area contributed by atoms with Crippen LogP contribution in [0.2, 0.25) is 0 Å². The summed E-state index contributed by atoms with van der Waals surface area (Å²) >= 11 is 0. The Morgan fingerprint density at radius 3 is 2.06 bits per heavy atom. The number of rotatable bonds is 7. The van der Waals surface area contributed by atoms with Crippen molar-refractivity contribution in [2.75, 3.05) is 13.1 Å². The molecule has 1 aliphatic heterocycles. The molecule has 2 nitrogen and oxygen atoms in total. The first kappa shape index (κ1) is 16.0. The van der Waals surface area contributed by atoms with Gasteiger partial charge in [0, 0.05) is 5.54 Å². The fraction of sp³-hybridized carbons (Fsp3) is 1.00. The molecule has 0 bridgehead atoms. The van der Waals surface area contributed by atoms with Crippen LogP contribution in [0.3, 0.4) is 0 Å². The summed E-state index contributed by atoms with van der Waals surface area (Å²) in [5.41, 5.74) is -0.0109. The predicted octanol–water partition coefficient (Wildman–Crippen LogP) is 3.83. The molecule has 0 aromatic rings. The molecule has 2 unspecified atom stereocenters. The van der Waals surface area contributed by atoms with Crippen molar-refractivity contribution < 1.29 is 5.11 Å². The summed E-state index contributed by atoms with van der Waals surface area (Å²) < 4.78 is 0. The van der Waals surface area contributed by atoms with E-state index in [-0.39, 0.29) is 11.6 Å². The number of hydrogen-bond acceptors (Lipinski definition) is 2. The average molecular weight is 255 g/mol. The lowest BCUT2D eigenvalue weighted by Gasteiger charge is -2.46. The highest BCUT2D eigenvalue weighted by Gasteiger charge is 2.38. The summed E-state index contributed by atoms with van der Waals surface area (Å²) in [6, 6.07) is 0. The highest BCUT2D eigenvalue weighted by atomic mass is 16.3. The molecule has 0 aromatic heterocycles. The lowest BCUT2D eigenvalue weighted by molar-refractivity contribution is -0.0443. The zero-order valence-electron chi connectivity index (χ0n) is 12.9. The smallest absolute Gasteiger partial charge is 0.0723 e. The Hall–Kier alpha value is -0.0800. The van der Waals surface area contributed by atoms with Crippen molar-refractivity contribution in [3.63, 3.8) is 0 Å². The summed E-state index contributed by atoms with van der Waals surface area (Å²) in [5, 5.41) is 10.7. The van der Waals surface area contributed by atoms with Crippen molar-refractivity contribution in [1.29, 1.82) is 0 Å². The molecule has 1 fully saturated rings. The third-order valence-electron chi connectivity index (χ3n) is 5.22. The summed E-state index contributed by atoms with van der Waals surface area (Å²) in [6.07, 6.45) is 8.17. The normalized spacial score (nSPS) is 23.0. The van der Waals surface area contributed by atoms with Gasteiger partial charge >= 0.3 is 0 Å². The fourth-order valence-electron chi connectivity index (χ4n) is 3.27. The van der Waals surface area contributed by atoms with Crippen LogP contribution in [0.1, 0.15) is 72.6 Å². The van der Waals surface area contributed by atoms with Crippen molar-refractivity contribution in [2.24, 2.45) is 5.92 Å². The van der Waals surface area contributed by atoms with Crippen LogP contribution in [-0.4, -0.2) is 34.7 Å². The summed E-state index contributed by atoms with van der Waals surface area (Å²) in [5.74, 6) is 0.677. The standard InChI is InChI=1S/C16H33NO/c1-5-14(6-2)13-15(18)16(4,7-3)17-11-9-8-10-12-17/h14-15,18H,5-13H2,1-4H3. The SMILES string of the molecule is CCC(CC)CC(O)C(C)(CC)N1CCCCC1. The van der Waals surface area contributed by atoms with E-state index >= 15 is 0 Å². The van der Waals surface area contributed by atoms with Gasteiger partial charge in [0.15, 0.2) is 0 Å². The van der Waals surface area contributed by atoms with Crippen molar-refractivity contribution in [3.8, 4) is 0 Å². The molecule has 18 heavy (non-hydrogen) atoms. The molecule has 0 amide bonds. The Labute approximate surface area is 114 Å². The number of nitrogens with zero attached hydrogens (tertiary/aromatic N) is 1. The molecule has 1 heterocycles. The van der Waals surface area contributed by atoms with Gasteiger partial charge in [-0.05, 0) is 51.6 Å². The number of likely N-dealkylation sites (tertiary alicyclic amines) is 1. The van der Waals surface area contributed by atoms with Crippen LogP contribution in [-0.2, 0) is 0 Å². The van der Waals surface area contributed by atoms with Crippen LogP contribution in [0, 0.1) is 5.92 Å². The molecule has 1 saturated heterocycles. The third-order valence-corrected chi connectivity index (χ3v) is 5.22. The van der Waals surface area contributed by atoms with Crippen LogP contribution >= 0.6 is 0 Å². The van der Waals surface area contributed by atoms with E-state index in [1.165, 1.54) is 45.2 Å². The van der Waals surface area contributed by atoms with Crippen LogP contribution in [0.15, 0.2) is 0 Å². The molecule has 2 heteroatoms. The molecule has 108 valence electrons. The zero-order valence-corrected chi connectivity index (χ0v) is 12.9. The molecule has 0 radical (unpaired) electrons. The molecule has 0 aromatic carbocycles. The van der Waals surface area contributed by atoms with Gasteiger partial charge in [-0.25, -0.2) is 0 Å². The largest absolute Gasteiger partial charge is 0.391 e. The second kappa shape index (κ2) is 7.49.